The van der Waals surface area contributed by atoms with E-state index in [2.05, 4.69) is 0 Å². The maximum Gasteiger partial charge on any atom is 0.0987 e. The highest BCUT2D eigenvalue weighted by molar-refractivity contribution is 5.11. The Labute approximate surface area is 71.8 Å². The summed E-state index contributed by atoms with van der Waals surface area (Å²) in [5.74, 6) is -0.245. The van der Waals surface area contributed by atoms with Crippen LogP contribution in [0.25, 0.3) is 0 Å². The third-order valence-corrected chi connectivity index (χ3v) is 1.62. The van der Waals surface area contributed by atoms with Crippen molar-refractivity contribution in [3.05, 3.63) is 36.3 Å². The zero-order valence-electron chi connectivity index (χ0n) is 7.07. The fraction of sp³-hybridized carbons (Fsp3) is 0.333. The lowest BCUT2D eigenvalue weighted by atomic mass is 10.3. The number of nitrogens with zero attached hydrogens (tertiary/aromatic N) is 1. The molecule has 0 saturated heterocycles. The van der Waals surface area contributed by atoms with Crippen molar-refractivity contribution >= 4 is 0 Å². The second-order valence-corrected chi connectivity index (χ2v) is 2.71. The van der Waals surface area contributed by atoms with Gasteiger partial charge < -0.3 is 10.6 Å². The van der Waals surface area contributed by atoms with Gasteiger partial charge in [-0.05, 0) is 19.1 Å². The van der Waals surface area contributed by atoms with Crippen LogP contribution in [0, 0.1) is 0 Å². The highest BCUT2D eigenvalue weighted by atomic mass is 19.1. The second kappa shape index (κ2) is 4.07. The highest BCUT2D eigenvalue weighted by Crippen LogP contribution is 2.04. The Morgan fingerprint density at radius 1 is 1.67 bits per heavy atom. The molecule has 3 heteroatoms. The van der Waals surface area contributed by atoms with Crippen molar-refractivity contribution in [1.82, 2.24) is 4.90 Å². The molecule has 0 amide bonds. The van der Waals surface area contributed by atoms with Gasteiger partial charge in [0.25, 0.3) is 0 Å². The molecule has 1 aliphatic rings. The molecule has 1 aliphatic heterocycles. The normalized spacial score (nSPS) is 19.9. The van der Waals surface area contributed by atoms with Crippen LogP contribution in [0.3, 0.4) is 0 Å². The van der Waals surface area contributed by atoms with Crippen LogP contribution in [0.4, 0.5) is 4.39 Å². The highest BCUT2D eigenvalue weighted by Gasteiger charge is 2.07. The molecule has 1 unspecified atom stereocenters. The molecule has 0 aromatic carbocycles. The Morgan fingerprint density at radius 2 is 2.42 bits per heavy atom. The molecule has 1 heterocycles. The summed E-state index contributed by atoms with van der Waals surface area (Å²) in [4.78, 5) is 1.85. The number of hydrogen-bond acceptors (Lipinski definition) is 2. The lowest BCUT2D eigenvalue weighted by Crippen LogP contribution is -2.37. The van der Waals surface area contributed by atoms with E-state index in [4.69, 9.17) is 5.73 Å². The number of nitrogens with two attached hydrogens (primary N) is 1. The first-order valence-corrected chi connectivity index (χ1v) is 3.89. The summed E-state index contributed by atoms with van der Waals surface area (Å²) >= 11 is 0. The number of allylic oxidation sites excluding steroid dienone is 3. The van der Waals surface area contributed by atoms with Crippen LogP contribution in [0.1, 0.15) is 6.92 Å². The summed E-state index contributed by atoms with van der Waals surface area (Å²) in [6, 6.07) is 0. The van der Waals surface area contributed by atoms with Gasteiger partial charge in [0.05, 0.1) is 12.0 Å². The van der Waals surface area contributed by atoms with Gasteiger partial charge in [0.2, 0.25) is 0 Å². The van der Waals surface area contributed by atoms with Gasteiger partial charge in [0.15, 0.2) is 0 Å². The maximum atomic E-state index is 12.4. The average molecular weight is 168 g/mol. The van der Waals surface area contributed by atoms with Gasteiger partial charge in [0, 0.05) is 12.7 Å². The fourth-order valence-corrected chi connectivity index (χ4v) is 1.03. The van der Waals surface area contributed by atoms with E-state index in [0.29, 0.717) is 0 Å². The Morgan fingerprint density at radius 3 is 2.92 bits per heavy atom. The largest absolute Gasteiger partial charge is 0.355 e. The minimum atomic E-state index is -0.365. The van der Waals surface area contributed by atoms with E-state index < -0.39 is 0 Å². The first kappa shape index (κ1) is 9.00. The summed E-state index contributed by atoms with van der Waals surface area (Å²) < 4.78 is 12.4. The van der Waals surface area contributed by atoms with Gasteiger partial charge in [-0.1, -0.05) is 12.2 Å². The first-order chi connectivity index (χ1) is 5.70. The first-order valence-electron chi connectivity index (χ1n) is 3.89. The van der Waals surface area contributed by atoms with Gasteiger partial charge in [-0.2, -0.15) is 0 Å². The molecule has 12 heavy (non-hydrogen) atoms. The Balaban J connectivity index is 2.53. The predicted molar refractivity (Wildman–Crippen MR) is 47.8 cm³/mol. The van der Waals surface area contributed by atoms with Gasteiger partial charge in [-0.15, -0.1) is 0 Å². The maximum absolute atomic E-state index is 12.4. The zero-order valence-corrected chi connectivity index (χ0v) is 7.07. The zero-order chi connectivity index (χ0) is 8.97. The summed E-state index contributed by atoms with van der Waals surface area (Å²) in [5.41, 5.74) is 5.67. The number of rotatable bonds is 2. The molecular weight excluding hydrogens is 155 g/mol. The fourth-order valence-electron chi connectivity index (χ4n) is 1.03. The lowest BCUT2D eigenvalue weighted by Gasteiger charge is -2.25. The molecule has 0 radical (unpaired) electrons. The Kier molecular flexibility index (Phi) is 3.05. The minimum Gasteiger partial charge on any atom is -0.355 e. The molecule has 66 valence electrons. The number of hydrogen-bond donors (Lipinski definition) is 1. The SMILES string of the molecule is C/C(F)=C/C(N)N1C=CC=CC1. The number of halogens is 1. The van der Waals surface area contributed by atoms with Gasteiger partial charge >= 0.3 is 0 Å². The van der Waals surface area contributed by atoms with Crippen molar-refractivity contribution in [3.63, 3.8) is 0 Å². The molecule has 0 aliphatic carbocycles. The molecule has 0 fully saturated rings. The van der Waals surface area contributed by atoms with Crippen molar-refractivity contribution in [1.29, 1.82) is 0 Å². The van der Waals surface area contributed by atoms with Crippen molar-refractivity contribution in [3.8, 4) is 0 Å². The summed E-state index contributed by atoms with van der Waals surface area (Å²) in [6.07, 6.45) is 8.67. The molecular formula is C9H13FN2. The Bertz CT molecular complexity index is 227. The molecule has 2 N–H and O–H groups in total. The summed E-state index contributed by atoms with van der Waals surface area (Å²) in [5, 5.41) is 0. The molecule has 1 rings (SSSR count). The van der Waals surface area contributed by atoms with Crippen LogP contribution < -0.4 is 5.73 Å². The van der Waals surface area contributed by atoms with Crippen LogP contribution in [0.5, 0.6) is 0 Å². The standard InChI is InChI=1S/C9H13FN2/c1-8(10)7-9(11)12-5-3-2-4-6-12/h2-5,7,9H,6,11H2,1H3/b8-7-. The van der Waals surface area contributed by atoms with E-state index in [9.17, 15) is 4.39 Å². The van der Waals surface area contributed by atoms with Crippen molar-refractivity contribution in [2.24, 2.45) is 5.73 Å². The van der Waals surface area contributed by atoms with E-state index in [1.165, 1.54) is 13.0 Å². The van der Waals surface area contributed by atoms with Crippen molar-refractivity contribution < 1.29 is 4.39 Å². The van der Waals surface area contributed by atoms with E-state index >= 15 is 0 Å². The third kappa shape index (κ3) is 2.51. The summed E-state index contributed by atoms with van der Waals surface area (Å²) in [6.45, 7) is 2.13. The van der Waals surface area contributed by atoms with E-state index in [1.807, 2.05) is 29.3 Å². The predicted octanol–water partition coefficient (Wildman–Crippen LogP) is 1.53. The molecule has 2 nitrogen and oxygen atoms in total. The molecule has 0 bridgehead atoms. The van der Waals surface area contributed by atoms with Gasteiger partial charge in [-0.3, -0.25) is 0 Å². The van der Waals surface area contributed by atoms with E-state index in [1.54, 1.807) is 0 Å². The smallest absolute Gasteiger partial charge is 0.0987 e. The monoisotopic (exact) mass is 168 g/mol. The quantitative estimate of drug-likeness (QED) is 0.677. The van der Waals surface area contributed by atoms with Crippen LogP contribution in [0.15, 0.2) is 36.3 Å². The molecule has 0 saturated carbocycles. The molecule has 0 spiro atoms. The van der Waals surface area contributed by atoms with Crippen LogP contribution >= 0.6 is 0 Å². The molecule has 0 aromatic rings. The molecule has 1 atom stereocenters. The van der Waals surface area contributed by atoms with E-state index in [0.717, 1.165) is 6.54 Å². The third-order valence-electron chi connectivity index (χ3n) is 1.62. The van der Waals surface area contributed by atoms with Crippen molar-refractivity contribution in [2.75, 3.05) is 6.54 Å². The topological polar surface area (TPSA) is 29.3 Å². The lowest BCUT2D eigenvalue weighted by molar-refractivity contribution is 0.350. The second-order valence-electron chi connectivity index (χ2n) is 2.71. The van der Waals surface area contributed by atoms with Crippen LogP contribution in [-0.2, 0) is 0 Å². The van der Waals surface area contributed by atoms with Crippen molar-refractivity contribution in [2.45, 2.75) is 13.1 Å². The van der Waals surface area contributed by atoms with Crippen LogP contribution in [0.2, 0.25) is 0 Å². The van der Waals surface area contributed by atoms with Crippen LogP contribution in [-0.4, -0.2) is 17.6 Å². The van der Waals surface area contributed by atoms with Gasteiger partial charge in [0.1, 0.15) is 0 Å². The van der Waals surface area contributed by atoms with E-state index in [-0.39, 0.29) is 12.0 Å². The Hall–Kier alpha value is -1.09. The summed E-state index contributed by atoms with van der Waals surface area (Å²) in [7, 11) is 0. The minimum absolute atomic E-state index is 0.245. The van der Waals surface area contributed by atoms with Gasteiger partial charge in [-0.25, -0.2) is 4.39 Å². The average Bonchev–Trinajstić information content (AvgIpc) is 2.05. The molecule has 0 aromatic heterocycles.